The number of nitrogen functional groups attached to an aromatic ring is 1. The number of hydrogen-bond acceptors (Lipinski definition) is 5. The van der Waals surface area contributed by atoms with Gasteiger partial charge in [0.15, 0.2) is 0 Å². The van der Waals surface area contributed by atoms with E-state index in [0.717, 1.165) is 16.5 Å². The van der Waals surface area contributed by atoms with Gasteiger partial charge in [-0.2, -0.15) is 9.97 Å². The van der Waals surface area contributed by atoms with E-state index in [2.05, 4.69) is 15.0 Å². The van der Waals surface area contributed by atoms with Crippen molar-refractivity contribution < 1.29 is 9.84 Å². The summed E-state index contributed by atoms with van der Waals surface area (Å²) in [6.07, 6.45) is 1.77. The van der Waals surface area contributed by atoms with Crippen LogP contribution in [0.15, 0.2) is 36.5 Å². The zero-order valence-corrected chi connectivity index (χ0v) is 10.7. The van der Waals surface area contributed by atoms with Crippen LogP contribution in [0.1, 0.15) is 11.1 Å². The maximum atomic E-state index is 9.00. The molecule has 0 saturated heterocycles. The minimum Gasteiger partial charge on any atom is -0.472 e. The van der Waals surface area contributed by atoms with Crippen LogP contribution < -0.4 is 10.5 Å². The fourth-order valence-electron chi connectivity index (χ4n) is 1.93. The number of aromatic nitrogens is 3. The van der Waals surface area contributed by atoms with Gasteiger partial charge < -0.3 is 20.6 Å². The van der Waals surface area contributed by atoms with Gasteiger partial charge in [0.25, 0.3) is 0 Å². The fourth-order valence-corrected chi connectivity index (χ4v) is 1.93. The number of aliphatic hydroxyl groups excluding tert-OH is 1. The number of aromatic amines is 1. The molecule has 2 heterocycles. The summed E-state index contributed by atoms with van der Waals surface area (Å²) in [5, 5.41) is 9.79. The molecule has 0 fully saturated rings. The monoisotopic (exact) mass is 270 g/mol. The predicted octanol–water partition coefficient (Wildman–Crippen LogP) is 1.61. The van der Waals surface area contributed by atoms with Gasteiger partial charge in [0.2, 0.25) is 11.8 Å². The molecule has 3 aromatic rings. The van der Waals surface area contributed by atoms with Crippen molar-refractivity contribution in [3.05, 3.63) is 47.7 Å². The van der Waals surface area contributed by atoms with Crippen LogP contribution in [0, 0.1) is 0 Å². The molecule has 102 valence electrons. The maximum absolute atomic E-state index is 9.00. The second kappa shape index (κ2) is 5.18. The summed E-state index contributed by atoms with van der Waals surface area (Å²) in [5.41, 5.74) is 8.15. The number of aliphatic hydroxyl groups is 1. The first-order valence-electron chi connectivity index (χ1n) is 6.18. The van der Waals surface area contributed by atoms with Crippen LogP contribution in [-0.4, -0.2) is 20.1 Å². The molecule has 0 spiro atoms. The lowest BCUT2D eigenvalue weighted by Gasteiger charge is -2.07. The molecule has 0 unspecified atom stereocenters. The first-order valence-corrected chi connectivity index (χ1v) is 6.18. The van der Waals surface area contributed by atoms with Crippen molar-refractivity contribution in [2.24, 2.45) is 0 Å². The van der Waals surface area contributed by atoms with Gasteiger partial charge in [0.1, 0.15) is 12.3 Å². The van der Waals surface area contributed by atoms with Gasteiger partial charge >= 0.3 is 0 Å². The summed E-state index contributed by atoms with van der Waals surface area (Å²) in [6.45, 7) is 0.413. The number of ether oxygens (including phenoxy) is 1. The van der Waals surface area contributed by atoms with Crippen LogP contribution in [0.5, 0.6) is 5.88 Å². The van der Waals surface area contributed by atoms with Gasteiger partial charge in [-0.3, -0.25) is 0 Å². The lowest BCUT2D eigenvalue weighted by molar-refractivity contribution is 0.281. The third-order valence-electron chi connectivity index (χ3n) is 2.98. The standard InChI is InChI=1S/C14H14N4O2/c15-14-17-12-11(5-6-16-12)13(18-14)20-8-10-3-1-9(7-19)2-4-10/h1-6,19H,7-8H2,(H3,15,16,17,18). The minimum absolute atomic E-state index is 0.0353. The summed E-state index contributed by atoms with van der Waals surface area (Å²) >= 11 is 0. The van der Waals surface area contributed by atoms with Crippen molar-refractivity contribution in [1.82, 2.24) is 15.0 Å². The van der Waals surface area contributed by atoms with E-state index in [-0.39, 0.29) is 12.6 Å². The predicted molar refractivity (Wildman–Crippen MR) is 75.0 cm³/mol. The minimum atomic E-state index is 0.0353. The number of rotatable bonds is 4. The molecule has 0 radical (unpaired) electrons. The molecular formula is C14H14N4O2. The molecule has 20 heavy (non-hydrogen) atoms. The molecule has 6 heteroatoms. The van der Waals surface area contributed by atoms with E-state index in [9.17, 15) is 0 Å². The third kappa shape index (κ3) is 2.41. The Labute approximate surface area is 115 Å². The smallest absolute Gasteiger partial charge is 0.228 e. The van der Waals surface area contributed by atoms with Crippen LogP contribution in [0.25, 0.3) is 11.0 Å². The van der Waals surface area contributed by atoms with Crippen LogP contribution in [0.3, 0.4) is 0 Å². The Balaban J connectivity index is 1.80. The number of hydrogen-bond donors (Lipinski definition) is 3. The SMILES string of the molecule is Nc1nc(OCc2ccc(CO)cc2)c2cc[nH]c2n1. The Bertz CT molecular complexity index is 722. The zero-order valence-electron chi connectivity index (χ0n) is 10.7. The topological polar surface area (TPSA) is 97.0 Å². The number of nitrogens with one attached hydrogen (secondary N) is 1. The van der Waals surface area contributed by atoms with Crippen LogP contribution in [-0.2, 0) is 13.2 Å². The number of anilines is 1. The molecule has 0 amide bonds. The van der Waals surface area contributed by atoms with Gasteiger partial charge in [-0.15, -0.1) is 0 Å². The van der Waals surface area contributed by atoms with E-state index < -0.39 is 0 Å². The highest BCUT2D eigenvalue weighted by atomic mass is 16.5. The number of benzene rings is 1. The first kappa shape index (κ1) is 12.4. The van der Waals surface area contributed by atoms with Crippen molar-refractivity contribution in [2.75, 3.05) is 5.73 Å². The van der Waals surface area contributed by atoms with Crippen LogP contribution in [0.2, 0.25) is 0 Å². The molecule has 3 rings (SSSR count). The normalized spacial score (nSPS) is 10.8. The van der Waals surface area contributed by atoms with Gasteiger partial charge in [-0.1, -0.05) is 24.3 Å². The van der Waals surface area contributed by atoms with E-state index in [1.807, 2.05) is 30.3 Å². The summed E-state index contributed by atoms with van der Waals surface area (Å²) < 4.78 is 5.70. The molecule has 0 saturated carbocycles. The second-order valence-electron chi connectivity index (χ2n) is 4.39. The average molecular weight is 270 g/mol. The Kier molecular flexibility index (Phi) is 3.22. The van der Waals surface area contributed by atoms with Crippen molar-refractivity contribution in [3.63, 3.8) is 0 Å². The largest absolute Gasteiger partial charge is 0.472 e. The highest BCUT2D eigenvalue weighted by Gasteiger charge is 2.08. The molecule has 0 aliphatic rings. The Morgan fingerprint density at radius 3 is 2.60 bits per heavy atom. The molecule has 0 aliphatic carbocycles. The van der Waals surface area contributed by atoms with Gasteiger partial charge in [-0.25, -0.2) is 0 Å². The Morgan fingerprint density at radius 2 is 1.85 bits per heavy atom. The Hall–Kier alpha value is -2.60. The zero-order chi connectivity index (χ0) is 13.9. The highest BCUT2D eigenvalue weighted by molar-refractivity contribution is 5.81. The molecule has 0 aliphatic heterocycles. The van der Waals surface area contributed by atoms with Crippen LogP contribution >= 0.6 is 0 Å². The number of nitrogens with zero attached hydrogens (tertiary/aromatic N) is 2. The number of H-pyrrole nitrogens is 1. The maximum Gasteiger partial charge on any atom is 0.228 e. The average Bonchev–Trinajstić information content (AvgIpc) is 2.93. The molecular weight excluding hydrogens is 256 g/mol. The molecule has 4 N–H and O–H groups in total. The van der Waals surface area contributed by atoms with E-state index in [1.54, 1.807) is 6.20 Å². The number of fused-ring (bicyclic) bond motifs is 1. The highest BCUT2D eigenvalue weighted by Crippen LogP contribution is 2.23. The molecule has 1 aromatic carbocycles. The summed E-state index contributed by atoms with van der Waals surface area (Å²) in [4.78, 5) is 11.2. The van der Waals surface area contributed by atoms with Gasteiger partial charge in [0, 0.05) is 6.20 Å². The Morgan fingerprint density at radius 1 is 1.10 bits per heavy atom. The lowest BCUT2D eigenvalue weighted by atomic mass is 10.1. The first-order chi connectivity index (χ1) is 9.76. The summed E-state index contributed by atoms with van der Waals surface area (Å²) in [7, 11) is 0. The van der Waals surface area contributed by atoms with E-state index in [4.69, 9.17) is 15.6 Å². The quantitative estimate of drug-likeness (QED) is 0.669. The molecule has 6 nitrogen and oxygen atoms in total. The van der Waals surface area contributed by atoms with Crippen molar-refractivity contribution in [1.29, 1.82) is 0 Å². The second-order valence-corrected chi connectivity index (χ2v) is 4.39. The van der Waals surface area contributed by atoms with Crippen molar-refractivity contribution in [3.8, 4) is 5.88 Å². The van der Waals surface area contributed by atoms with Crippen molar-refractivity contribution in [2.45, 2.75) is 13.2 Å². The van der Waals surface area contributed by atoms with Gasteiger partial charge in [-0.05, 0) is 17.2 Å². The van der Waals surface area contributed by atoms with Crippen LogP contribution in [0.4, 0.5) is 5.95 Å². The number of nitrogens with two attached hydrogens (primary N) is 1. The lowest BCUT2D eigenvalue weighted by Crippen LogP contribution is -2.02. The van der Waals surface area contributed by atoms with Crippen molar-refractivity contribution >= 4 is 17.0 Å². The van der Waals surface area contributed by atoms with E-state index in [1.165, 1.54) is 0 Å². The van der Waals surface area contributed by atoms with E-state index in [0.29, 0.717) is 18.1 Å². The molecule has 0 bridgehead atoms. The summed E-state index contributed by atoms with van der Waals surface area (Å²) in [5.74, 6) is 0.630. The molecule has 2 aromatic heterocycles. The fraction of sp³-hybridized carbons (Fsp3) is 0.143. The van der Waals surface area contributed by atoms with E-state index >= 15 is 0 Å². The summed E-state index contributed by atoms with van der Waals surface area (Å²) in [6, 6.07) is 9.38. The molecule has 0 atom stereocenters. The van der Waals surface area contributed by atoms with Gasteiger partial charge in [0.05, 0.1) is 12.0 Å². The third-order valence-corrected chi connectivity index (χ3v) is 2.98.